The maximum atomic E-state index is 9.75. The second-order valence-corrected chi connectivity index (χ2v) is 4.75. The largest absolute Gasteiger partial charge is 0.393 e. The molecule has 0 saturated heterocycles. The van der Waals surface area contributed by atoms with Crippen LogP contribution in [0.3, 0.4) is 0 Å². The van der Waals surface area contributed by atoms with E-state index in [-0.39, 0.29) is 11.5 Å². The molecule has 0 bridgehead atoms. The fourth-order valence-corrected chi connectivity index (χ4v) is 1.12. The number of hydrogen-bond acceptors (Lipinski definition) is 1. The van der Waals surface area contributed by atoms with E-state index in [4.69, 9.17) is 0 Å². The molecule has 0 unspecified atom stereocenters. The number of rotatable bonds is 4. The van der Waals surface area contributed by atoms with Gasteiger partial charge in [0.05, 0.1) is 6.10 Å². The van der Waals surface area contributed by atoms with Crippen molar-refractivity contribution in [3.63, 3.8) is 0 Å². The first-order valence-electron chi connectivity index (χ1n) is 4.67. The molecule has 1 nitrogen and oxygen atoms in total. The molecule has 0 heterocycles. The maximum Gasteiger partial charge on any atom is 0.0591 e. The Bertz CT molecular complexity index is 132. The van der Waals surface area contributed by atoms with Gasteiger partial charge >= 0.3 is 0 Å². The van der Waals surface area contributed by atoms with Crippen LogP contribution in [0.2, 0.25) is 0 Å². The molecular formula is C11H22O. The van der Waals surface area contributed by atoms with Gasteiger partial charge in [-0.05, 0) is 24.2 Å². The fourth-order valence-electron chi connectivity index (χ4n) is 1.12. The third kappa shape index (κ3) is 4.55. The van der Waals surface area contributed by atoms with Gasteiger partial charge in [0.1, 0.15) is 0 Å². The van der Waals surface area contributed by atoms with Gasteiger partial charge in [-0.3, -0.25) is 0 Å². The minimum Gasteiger partial charge on any atom is -0.393 e. The van der Waals surface area contributed by atoms with Crippen LogP contribution in [0.15, 0.2) is 12.7 Å². The normalized spacial score (nSPS) is 17.1. The summed E-state index contributed by atoms with van der Waals surface area (Å²) in [5.41, 5.74) is 0.00936. The Balaban J connectivity index is 3.83. The van der Waals surface area contributed by atoms with Crippen LogP contribution < -0.4 is 0 Å². The topological polar surface area (TPSA) is 20.2 Å². The molecule has 1 heteroatoms. The van der Waals surface area contributed by atoms with Crippen LogP contribution in [-0.4, -0.2) is 11.2 Å². The van der Waals surface area contributed by atoms with Crippen LogP contribution in [-0.2, 0) is 0 Å². The minimum atomic E-state index is -0.201. The Labute approximate surface area is 76.5 Å². The summed E-state index contributed by atoms with van der Waals surface area (Å²) >= 11 is 0. The van der Waals surface area contributed by atoms with Crippen molar-refractivity contribution in [1.82, 2.24) is 0 Å². The Morgan fingerprint density at radius 1 is 1.42 bits per heavy atom. The predicted octanol–water partition coefficient (Wildman–Crippen LogP) is 3.00. The van der Waals surface area contributed by atoms with Gasteiger partial charge in [0.25, 0.3) is 0 Å². The zero-order valence-corrected chi connectivity index (χ0v) is 8.80. The fraction of sp³-hybridized carbons (Fsp3) is 0.818. The molecule has 2 atom stereocenters. The molecule has 0 saturated carbocycles. The first-order chi connectivity index (χ1) is 5.38. The van der Waals surface area contributed by atoms with Gasteiger partial charge in [-0.25, -0.2) is 0 Å². The SMILES string of the molecule is C=CC[C@H](C)C[C@H](O)C(C)(C)C. The second kappa shape index (κ2) is 4.66. The highest BCUT2D eigenvalue weighted by molar-refractivity contribution is 4.78. The zero-order valence-electron chi connectivity index (χ0n) is 8.80. The first kappa shape index (κ1) is 11.7. The van der Waals surface area contributed by atoms with Crippen LogP contribution in [0.1, 0.15) is 40.5 Å². The van der Waals surface area contributed by atoms with Crippen molar-refractivity contribution in [2.45, 2.75) is 46.6 Å². The van der Waals surface area contributed by atoms with Crippen molar-refractivity contribution in [3.05, 3.63) is 12.7 Å². The van der Waals surface area contributed by atoms with Crippen molar-refractivity contribution in [2.75, 3.05) is 0 Å². The van der Waals surface area contributed by atoms with E-state index in [2.05, 4.69) is 34.3 Å². The maximum absolute atomic E-state index is 9.75. The van der Waals surface area contributed by atoms with E-state index in [9.17, 15) is 5.11 Å². The molecule has 0 aromatic heterocycles. The molecule has 0 aliphatic heterocycles. The van der Waals surface area contributed by atoms with Gasteiger partial charge in [0.2, 0.25) is 0 Å². The molecule has 0 fully saturated rings. The molecule has 0 aromatic rings. The van der Waals surface area contributed by atoms with E-state index in [0.29, 0.717) is 5.92 Å². The molecule has 0 amide bonds. The van der Waals surface area contributed by atoms with Gasteiger partial charge in [0, 0.05) is 0 Å². The number of allylic oxidation sites excluding steroid dienone is 1. The third-order valence-electron chi connectivity index (χ3n) is 2.19. The summed E-state index contributed by atoms with van der Waals surface area (Å²) in [5, 5.41) is 9.75. The predicted molar refractivity (Wildman–Crippen MR) is 54.1 cm³/mol. The van der Waals surface area contributed by atoms with Crippen molar-refractivity contribution in [3.8, 4) is 0 Å². The van der Waals surface area contributed by atoms with Crippen LogP contribution in [0.4, 0.5) is 0 Å². The van der Waals surface area contributed by atoms with E-state index in [0.717, 1.165) is 12.8 Å². The van der Waals surface area contributed by atoms with Gasteiger partial charge in [-0.2, -0.15) is 0 Å². The quantitative estimate of drug-likeness (QED) is 0.643. The molecule has 0 rings (SSSR count). The second-order valence-electron chi connectivity index (χ2n) is 4.75. The average Bonchev–Trinajstić information content (AvgIpc) is 1.85. The van der Waals surface area contributed by atoms with Crippen molar-refractivity contribution in [1.29, 1.82) is 0 Å². The summed E-state index contributed by atoms with van der Waals surface area (Å²) in [4.78, 5) is 0. The zero-order chi connectivity index (χ0) is 9.78. The van der Waals surface area contributed by atoms with Crippen LogP contribution in [0, 0.1) is 11.3 Å². The highest BCUT2D eigenvalue weighted by atomic mass is 16.3. The minimum absolute atomic E-state index is 0.00936. The van der Waals surface area contributed by atoms with E-state index in [1.807, 2.05) is 6.08 Å². The van der Waals surface area contributed by atoms with E-state index < -0.39 is 0 Å². The number of aliphatic hydroxyl groups is 1. The molecular weight excluding hydrogens is 148 g/mol. The first-order valence-corrected chi connectivity index (χ1v) is 4.67. The average molecular weight is 170 g/mol. The molecule has 0 radical (unpaired) electrons. The lowest BCUT2D eigenvalue weighted by Gasteiger charge is -2.27. The van der Waals surface area contributed by atoms with Gasteiger partial charge in [-0.15, -0.1) is 6.58 Å². The van der Waals surface area contributed by atoms with Crippen LogP contribution in [0.5, 0.6) is 0 Å². The van der Waals surface area contributed by atoms with E-state index in [1.54, 1.807) is 0 Å². The summed E-state index contributed by atoms with van der Waals surface area (Å²) in [7, 11) is 0. The summed E-state index contributed by atoms with van der Waals surface area (Å²) < 4.78 is 0. The molecule has 0 aliphatic rings. The molecule has 0 spiro atoms. The smallest absolute Gasteiger partial charge is 0.0591 e. The molecule has 72 valence electrons. The highest BCUT2D eigenvalue weighted by Gasteiger charge is 2.23. The van der Waals surface area contributed by atoms with Gasteiger partial charge in [-0.1, -0.05) is 33.8 Å². The van der Waals surface area contributed by atoms with Gasteiger partial charge in [0.15, 0.2) is 0 Å². The highest BCUT2D eigenvalue weighted by Crippen LogP contribution is 2.25. The standard InChI is InChI=1S/C11H22O/c1-6-7-9(2)8-10(12)11(3,4)5/h6,9-10,12H,1,7-8H2,2-5H3/t9-,10-/m0/s1. The van der Waals surface area contributed by atoms with E-state index >= 15 is 0 Å². The number of hydrogen-bond donors (Lipinski definition) is 1. The Morgan fingerprint density at radius 3 is 2.25 bits per heavy atom. The summed E-state index contributed by atoms with van der Waals surface area (Å²) in [6.07, 6.45) is 3.58. The Morgan fingerprint density at radius 2 is 1.92 bits per heavy atom. The lowest BCUT2D eigenvalue weighted by Crippen LogP contribution is -2.27. The van der Waals surface area contributed by atoms with Crippen LogP contribution >= 0.6 is 0 Å². The van der Waals surface area contributed by atoms with Crippen molar-refractivity contribution in [2.24, 2.45) is 11.3 Å². The monoisotopic (exact) mass is 170 g/mol. The third-order valence-corrected chi connectivity index (χ3v) is 2.19. The van der Waals surface area contributed by atoms with Gasteiger partial charge < -0.3 is 5.11 Å². The van der Waals surface area contributed by atoms with Crippen molar-refractivity contribution >= 4 is 0 Å². The van der Waals surface area contributed by atoms with Crippen LogP contribution in [0.25, 0.3) is 0 Å². The summed E-state index contributed by atoms with van der Waals surface area (Å²) in [5.74, 6) is 0.539. The van der Waals surface area contributed by atoms with E-state index in [1.165, 1.54) is 0 Å². The summed E-state index contributed by atoms with van der Waals surface area (Å²) in [6.45, 7) is 12.0. The van der Waals surface area contributed by atoms with Crippen molar-refractivity contribution < 1.29 is 5.11 Å². The lowest BCUT2D eigenvalue weighted by atomic mass is 9.83. The lowest BCUT2D eigenvalue weighted by molar-refractivity contribution is 0.0435. The Kier molecular flexibility index (Phi) is 4.54. The molecule has 1 N–H and O–H groups in total. The molecule has 0 aliphatic carbocycles. The molecule has 0 aromatic carbocycles. The molecule has 12 heavy (non-hydrogen) atoms. The summed E-state index contributed by atoms with van der Waals surface area (Å²) in [6, 6.07) is 0. The number of aliphatic hydroxyl groups excluding tert-OH is 1. The Hall–Kier alpha value is -0.300.